The quantitative estimate of drug-likeness (QED) is 0.797. The lowest BCUT2D eigenvalue weighted by Crippen LogP contribution is -2.25. The topological polar surface area (TPSA) is 44.2 Å². The Balaban J connectivity index is 1.55. The molecule has 4 nitrogen and oxygen atoms in total. The van der Waals surface area contributed by atoms with E-state index in [-0.39, 0.29) is 23.2 Å². The third-order valence-electron chi connectivity index (χ3n) is 4.39. The molecule has 0 saturated heterocycles. The predicted octanol–water partition coefficient (Wildman–Crippen LogP) is 4.14. The molecule has 0 radical (unpaired) electrons. The fourth-order valence-electron chi connectivity index (χ4n) is 2.52. The molecule has 0 bridgehead atoms. The van der Waals surface area contributed by atoms with Crippen LogP contribution in [-0.4, -0.2) is 22.7 Å². The molecule has 0 aliphatic heterocycles. The monoisotopic (exact) mass is 332 g/mol. The van der Waals surface area contributed by atoms with E-state index in [1.807, 2.05) is 0 Å². The molecule has 4 rings (SSSR count). The molecule has 6 heteroatoms. The van der Waals surface area contributed by atoms with Gasteiger partial charge in [0.25, 0.3) is 0 Å². The van der Waals surface area contributed by atoms with E-state index in [0.29, 0.717) is 18.4 Å². The maximum atomic E-state index is 14.2. The van der Waals surface area contributed by atoms with Gasteiger partial charge in [-0.1, -0.05) is 0 Å². The summed E-state index contributed by atoms with van der Waals surface area (Å²) in [5.41, 5.74) is 0.267. The maximum Gasteiger partial charge on any atom is 0.217 e. The highest BCUT2D eigenvalue weighted by molar-refractivity contribution is 5.57. The highest BCUT2D eigenvalue weighted by Crippen LogP contribution is 2.33. The third kappa shape index (κ3) is 3.32. The van der Waals surface area contributed by atoms with Gasteiger partial charge in [-0.15, -0.1) is 0 Å². The number of hydrogen-bond acceptors (Lipinski definition) is 4. The first-order valence-electron chi connectivity index (χ1n) is 8.31. The van der Waals surface area contributed by atoms with Crippen molar-refractivity contribution < 1.29 is 18.3 Å². The minimum Gasteiger partial charge on any atom is -0.487 e. The standard InChI is InChI=1S/C18H18F2N2O2/c19-14-8-12(9-15(20)17(14)23-10-11-4-5-11)18-21-7-6-16(22-18)24-13-2-1-3-13/h6-9,11,13H,1-5,10H2. The van der Waals surface area contributed by atoms with Gasteiger partial charge in [0, 0.05) is 17.8 Å². The molecule has 0 N–H and O–H groups in total. The minimum absolute atomic E-state index is 0.180. The van der Waals surface area contributed by atoms with Crippen LogP contribution < -0.4 is 9.47 Å². The number of halogens is 2. The summed E-state index contributed by atoms with van der Waals surface area (Å²) in [4.78, 5) is 8.35. The van der Waals surface area contributed by atoms with Crippen molar-refractivity contribution in [3.63, 3.8) is 0 Å². The smallest absolute Gasteiger partial charge is 0.217 e. The first-order chi connectivity index (χ1) is 11.7. The van der Waals surface area contributed by atoms with Crippen LogP contribution in [0.4, 0.5) is 8.78 Å². The van der Waals surface area contributed by atoms with Gasteiger partial charge in [-0.3, -0.25) is 0 Å². The highest BCUT2D eigenvalue weighted by Gasteiger charge is 2.24. The molecule has 0 unspecified atom stereocenters. The molecule has 126 valence electrons. The zero-order chi connectivity index (χ0) is 16.5. The van der Waals surface area contributed by atoms with Crippen LogP contribution in [0.5, 0.6) is 11.6 Å². The average Bonchev–Trinajstić information content (AvgIpc) is 3.34. The van der Waals surface area contributed by atoms with Crippen molar-refractivity contribution in [3.05, 3.63) is 36.0 Å². The largest absolute Gasteiger partial charge is 0.487 e. The van der Waals surface area contributed by atoms with E-state index in [1.165, 1.54) is 18.3 Å². The van der Waals surface area contributed by atoms with Crippen molar-refractivity contribution in [2.24, 2.45) is 5.92 Å². The molecular formula is C18H18F2N2O2. The zero-order valence-corrected chi connectivity index (χ0v) is 13.2. The summed E-state index contributed by atoms with van der Waals surface area (Å²) >= 11 is 0. The fraction of sp³-hybridized carbons (Fsp3) is 0.444. The Labute approximate surface area is 138 Å². The summed E-state index contributed by atoms with van der Waals surface area (Å²) in [6.07, 6.45) is 7.00. The van der Waals surface area contributed by atoms with Gasteiger partial charge in [-0.25, -0.2) is 13.8 Å². The van der Waals surface area contributed by atoms with Crippen molar-refractivity contribution in [2.45, 2.75) is 38.2 Å². The Kier molecular flexibility index (Phi) is 4.04. The summed E-state index contributed by atoms with van der Waals surface area (Å²) in [6.45, 7) is 0.356. The number of benzene rings is 1. The molecule has 0 atom stereocenters. The van der Waals surface area contributed by atoms with Crippen LogP contribution in [-0.2, 0) is 0 Å². The van der Waals surface area contributed by atoms with Crippen molar-refractivity contribution in [2.75, 3.05) is 6.61 Å². The van der Waals surface area contributed by atoms with E-state index in [9.17, 15) is 8.78 Å². The van der Waals surface area contributed by atoms with E-state index in [4.69, 9.17) is 9.47 Å². The Morgan fingerprint density at radius 3 is 2.46 bits per heavy atom. The van der Waals surface area contributed by atoms with Crippen molar-refractivity contribution >= 4 is 0 Å². The minimum atomic E-state index is -0.737. The van der Waals surface area contributed by atoms with Gasteiger partial charge in [0.15, 0.2) is 23.2 Å². The van der Waals surface area contributed by atoms with Crippen LogP contribution in [0, 0.1) is 17.6 Å². The van der Waals surface area contributed by atoms with E-state index in [0.717, 1.165) is 32.1 Å². The van der Waals surface area contributed by atoms with Gasteiger partial charge in [-0.2, -0.15) is 4.98 Å². The predicted molar refractivity (Wildman–Crippen MR) is 83.9 cm³/mol. The summed E-state index contributed by atoms with van der Waals surface area (Å²) in [5, 5.41) is 0. The van der Waals surface area contributed by atoms with Gasteiger partial charge in [0.1, 0.15) is 6.10 Å². The molecule has 2 fully saturated rings. The second kappa shape index (κ2) is 6.34. The lowest BCUT2D eigenvalue weighted by Gasteiger charge is -2.25. The van der Waals surface area contributed by atoms with E-state index >= 15 is 0 Å². The van der Waals surface area contributed by atoms with E-state index < -0.39 is 11.6 Å². The molecule has 1 aromatic heterocycles. The van der Waals surface area contributed by atoms with Crippen molar-refractivity contribution in [1.29, 1.82) is 0 Å². The first kappa shape index (κ1) is 15.3. The van der Waals surface area contributed by atoms with Crippen LogP contribution in [0.1, 0.15) is 32.1 Å². The Morgan fingerprint density at radius 2 is 1.83 bits per heavy atom. The molecule has 2 saturated carbocycles. The molecule has 1 heterocycles. The molecule has 0 spiro atoms. The number of aromatic nitrogens is 2. The second-order valence-corrected chi connectivity index (χ2v) is 6.41. The molecular weight excluding hydrogens is 314 g/mol. The summed E-state index contributed by atoms with van der Waals surface area (Å²) in [5.74, 6) is -0.711. The summed E-state index contributed by atoms with van der Waals surface area (Å²) in [6, 6.07) is 4.06. The van der Waals surface area contributed by atoms with Gasteiger partial charge in [0.2, 0.25) is 5.88 Å². The van der Waals surface area contributed by atoms with E-state index in [1.54, 1.807) is 6.07 Å². The van der Waals surface area contributed by atoms with Gasteiger partial charge in [0.05, 0.1) is 6.61 Å². The molecule has 2 aliphatic carbocycles. The van der Waals surface area contributed by atoms with Gasteiger partial charge < -0.3 is 9.47 Å². The third-order valence-corrected chi connectivity index (χ3v) is 4.39. The van der Waals surface area contributed by atoms with Crippen molar-refractivity contribution in [1.82, 2.24) is 9.97 Å². The van der Waals surface area contributed by atoms with Crippen molar-refractivity contribution in [3.8, 4) is 23.0 Å². The van der Waals surface area contributed by atoms with Crippen LogP contribution >= 0.6 is 0 Å². The molecule has 2 aliphatic rings. The van der Waals surface area contributed by atoms with Crippen LogP contribution in [0.3, 0.4) is 0 Å². The van der Waals surface area contributed by atoms with Crippen LogP contribution in [0.2, 0.25) is 0 Å². The number of nitrogens with zero attached hydrogens (tertiary/aromatic N) is 2. The second-order valence-electron chi connectivity index (χ2n) is 6.41. The first-order valence-corrected chi connectivity index (χ1v) is 8.31. The van der Waals surface area contributed by atoms with E-state index in [2.05, 4.69) is 9.97 Å². The van der Waals surface area contributed by atoms with Gasteiger partial charge >= 0.3 is 0 Å². The Hall–Kier alpha value is -2.24. The highest BCUT2D eigenvalue weighted by atomic mass is 19.1. The number of ether oxygens (including phenoxy) is 2. The zero-order valence-electron chi connectivity index (χ0n) is 13.2. The van der Waals surface area contributed by atoms with Crippen LogP contribution in [0.15, 0.2) is 24.4 Å². The normalized spacial score (nSPS) is 17.4. The Bertz CT molecular complexity index is 723. The lowest BCUT2D eigenvalue weighted by atomic mass is 9.96. The number of rotatable bonds is 6. The molecule has 1 aromatic carbocycles. The summed E-state index contributed by atoms with van der Waals surface area (Å²) < 4.78 is 39.4. The average molecular weight is 332 g/mol. The fourth-order valence-corrected chi connectivity index (χ4v) is 2.52. The number of hydrogen-bond donors (Lipinski definition) is 0. The molecule has 2 aromatic rings. The lowest BCUT2D eigenvalue weighted by molar-refractivity contribution is 0.114. The van der Waals surface area contributed by atoms with Gasteiger partial charge in [-0.05, 0) is 50.2 Å². The SMILES string of the molecule is Fc1cc(-c2nccc(OC3CCC3)n2)cc(F)c1OCC1CC1. The maximum absolute atomic E-state index is 14.2. The molecule has 24 heavy (non-hydrogen) atoms. The summed E-state index contributed by atoms with van der Waals surface area (Å²) in [7, 11) is 0. The Morgan fingerprint density at radius 1 is 1.08 bits per heavy atom. The molecule has 0 amide bonds. The van der Waals surface area contributed by atoms with Crippen LogP contribution in [0.25, 0.3) is 11.4 Å².